The number of nitrogen functional groups attached to an aromatic ring is 1. The van der Waals surface area contributed by atoms with Crippen molar-refractivity contribution < 1.29 is 20.4 Å². The lowest BCUT2D eigenvalue weighted by Crippen LogP contribution is -2.18. The number of rotatable bonds is 7. The zero-order valence-electron chi connectivity index (χ0n) is 22.8. The Kier molecular flexibility index (Phi) is 3.62. The second-order valence-electron chi connectivity index (χ2n) is 5.53. The standard InChI is InChI=1S/C19H24N6O2/c1-26-17(27-2)9-15-18(22-12-23-19(15)21)14-10-24-25(11-14)16(7-8-20)13-5-3-4-6-13/h7,10-13,17H,3-6,9H2,1-2H3,(H2,21,22,23)/b16-7-/i3D2,4D2,5D2,6D2. The maximum Gasteiger partial charge on any atom is 0.161 e. The molecular weight excluding hydrogens is 344 g/mol. The van der Waals surface area contributed by atoms with Crippen molar-refractivity contribution in [3.63, 3.8) is 0 Å². The lowest BCUT2D eigenvalue weighted by molar-refractivity contribution is -0.100. The van der Waals surface area contributed by atoms with Crippen LogP contribution in [0.1, 0.15) is 42.0 Å². The molecule has 27 heavy (non-hydrogen) atoms. The van der Waals surface area contributed by atoms with E-state index in [9.17, 15) is 5.26 Å². The summed E-state index contributed by atoms with van der Waals surface area (Å²) in [4.78, 5) is 8.23. The molecule has 2 aromatic heterocycles. The zero-order valence-corrected chi connectivity index (χ0v) is 14.8. The van der Waals surface area contributed by atoms with Gasteiger partial charge in [-0.3, -0.25) is 0 Å². The number of ether oxygens (including phenoxy) is 2. The van der Waals surface area contributed by atoms with E-state index in [-0.39, 0.29) is 17.9 Å². The minimum atomic E-state index is -3.21. The Hall–Kier alpha value is -2.76. The first kappa shape index (κ1) is 11.2. The van der Waals surface area contributed by atoms with Crippen molar-refractivity contribution in [2.75, 3.05) is 20.0 Å². The lowest BCUT2D eigenvalue weighted by Gasteiger charge is -2.16. The molecule has 1 aliphatic rings. The molecule has 1 saturated carbocycles. The summed E-state index contributed by atoms with van der Waals surface area (Å²) in [7, 11) is 2.90. The third-order valence-electron chi connectivity index (χ3n) is 4.00. The molecule has 0 atom stereocenters. The van der Waals surface area contributed by atoms with Crippen LogP contribution < -0.4 is 5.73 Å². The van der Waals surface area contributed by atoms with E-state index in [1.165, 1.54) is 32.9 Å². The maximum atomic E-state index is 9.35. The molecule has 2 aromatic rings. The largest absolute Gasteiger partial charge is 0.383 e. The fourth-order valence-electron chi connectivity index (χ4n) is 2.64. The third kappa shape index (κ3) is 4.15. The average molecular weight is 376 g/mol. The van der Waals surface area contributed by atoms with E-state index in [1.807, 2.05) is 0 Å². The Balaban J connectivity index is 2.14. The lowest BCUT2D eigenvalue weighted by atomic mass is 10.0. The number of hydrogen-bond donors (Lipinski definition) is 1. The number of nitrogens with two attached hydrogens (primary N) is 1. The average Bonchev–Trinajstić information content (AvgIpc) is 3.28. The molecule has 2 N–H and O–H groups in total. The van der Waals surface area contributed by atoms with Crippen LogP contribution in [0.3, 0.4) is 0 Å². The number of nitriles is 1. The van der Waals surface area contributed by atoms with E-state index in [0.29, 0.717) is 16.8 Å². The van der Waals surface area contributed by atoms with E-state index < -0.39 is 37.7 Å². The van der Waals surface area contributed by atoms with Crippen LogP contribution in [-0.2, 0) is 15.9 Å². The van der Waals surface area contributed by atoms with Gasteiger partial charge in [-0.1, -0.05) is 12.7 Å². The summed E-state index contributed by atoms with van der Waals surface area (Å²) < 4.78 is 76.9. The smallest absolute Gasteiger partial charge is 0.161 e. The van der Waals surface area contributed by atoms with Gasteiger partial charge in [0.25, 0.3) is 0 Å². The number of anilines is 1. The number of methoxy groups -OCH3 is 2. The first-order chi connectivity index (χ1) is 16.2. The van der Waals surface area contributed by atoms with Gasteiger partial charge < -0.3 is 15.2 Å². The van der Waals surface area contributed by atoms with Gasteiger partial charge in [0, 0.05) is 60.9 Å². The molecule has 3 rings (SSSR count). The number of hydrogen-bond acceptors (Lipinski definition) is 7. The molecular formula is C19H24N6O2. The van der Waals surface area contributed by atoms with Crippen molar-refractivity contribution in [3.05, 3.63) is 30.4 Å². The van der Waals surface area contributed by atoms with Crippen LogP contribution >= 0.6 is 0 Å². The minimum absolute atomic E-state index is 0.152. The number of aromatic nitrogens is 4. The van der Waals surface area contributed by atoms with Crippen molar-refractivity contribution in [3.8, 4) is 17.3 Å². The van der Waals surface area contributed by atoms with E-state index in [2.05, 4.69) is 15.1 Å². The van der Waals surface area contributed by atoms with Gasteiger partial charge in [0.1, 0.15) is 12.1 Å². The van der Waals surface area contributed by atoms with E-state index in [0.717, 1.165) is 10.8 Å². The highest BCUT2D eigenvalue weighted by Gasteiger charge is 2.23. The highest BCUT2D eigenvalue weighted by atomic mass is 16.7. The van der Waals surface area contributed by atoms with Gasteiger partial charge in [-0.15, -0.1) is 0 Å². The van der Waals surface area contributed by atoms with Crippen molar-refractivity contribution in [1.29, 1.82) is 5.26 Å². The fourth-order valence-corrected chi connectivity index (χ4v) is 2.64. The molecule has 0 aliphatic heterocycles. The van der Waals surface area contributed by atoms with E-state index >= 15 is 0 Å². The van der Waals surface area contributed by atoms with Crippen molar-refractivity contribution in [2.24, 2.45) is 5.92 Å². The summed E-state index contributed by atoms with van der Waals surface area (Å²) in [5.74, 6) is -1.85. The Morgan fingerprint density at radius 3 is 2.85 bits per heavy atom. The monoisotopic (exact) mass is 376 g/mol. The van der Waals surface area contributed by atoms with Crippen LogP contribution in [0.15, 0.2) is 24.8 Å². The van der Waals surface area contributed by atoms with Gasteiger partial charge in [0.05, 0.1) is 23.7 Å². The minimum Gasteiger partial charge on any atom is -0.383 e. The quantitative estimate of drug-likeness (QED) is 0.584. The highest BCUT2D eigenvalue weighted by Crippen LogP contribution is 2.34. The second-order valence-corrected chi connectivity index (χ2v) is 5.53. The van der Waals surface area contributed by atoms with Crippen LogP contribution in [0.25, 0.3) is 17.0 Å². The molecule has 0 bridgehead atoms. The van der Waals surface area contributed by atoms with Crippen LogP contribution in [-0.4, -0.2) is 40.3 Å². The predicted molar refractivity (Wildman–Crippen MR) is 101 cm³/mol. The van der Waals surface area contributed by atoms with E-state index in [1.54, 1.807) is 6.07 Å². The number of nitrogens with zero attached hydrogens (tertiary/aromatic N) is 5. The molecule has 1 aliphatic carbocycles. The molecule has 0 unspecified atom stereocenters. The van der Waals surface area contributed by atoms with Crippen LogP contribution in [0.2, 0.25) is 0 Å². The highest BCUT2D eigenvalue weighted by molar-refractivity contribution is 5.67. The SMILES string of the molecule is [2H]C1([2H])C(/C(=C/C#N)n2cc(-c3ncnc(N)c3CC(OC)OC)cn2)C([2H])([2H])C([2H])([2H])C1([2H])[2H]. The third-order valence-corrected chi connectivity index (χ3v) is 4.00. The van der Waals surface area contributed by atoms with Crippen LogP contribution in [0.5, 0.6) is 0 Å². The maximum absolute atomic E-state index is 9.35. The predicted octanol–water partition coefficient (Wildman–Crippen LogP) is 2.64. The Morgan fingerprint density at radius 1 is 1.44 bits per heavy atom. The van der Waals surface area contributed by atoms with E-state index in [4.69, 9.17) is 26.2 Å². The summed E-state index contributed by atoms with van der Waals surface area (Å²) in [6.45, 7) is 0. The molecule has 2 heterocycles. The zero-order chi connectivity index (χ0) is 26.4. The molecule has 0 saturated heterocycles. The Morgan fingerprint density at radius 2 is 2.19 bits per heavy atom. The van der Waals surface area contributed by atoms with Gasteiger partial charge >= 0.3 is 0 Å². The van der Waals surface area contributed by atoms with Gasteiger partial charge in [0.15, 0.2) is 6.29 Å². The molecule has 8 heteroatoms. The molecule has 8 nitrogen and oxygen atoms in total. The van der Waals surface area contributed by atoms with Crippen LogP contribution in [0, 0.1) is 17.2 Å². The second kappa shape index (κ2) is 8.75. The topological polar surface area (TPSA) is 112 Å². The van der Waals surface area contributed by atoms with Gasteiger partial charge in [-0.05, 0) is 12.7 Å². The summed E-state index contributed by atoms with van der Waals surface area (Å²) in [5, 5.41) is 13.5. The fraction of sp³-hybridized carbons (Fsp3) is 0.474. The summed E-state index contributed by atoms with van der Waals surface area (Å²) in [6.07, 6.45) is -8.22. The number of allylic oxidation sites excluding steroid dienone is 2. The summed E-state index contributed by atoms with van der Waals surface area (Å²) in [6, 6.07) is 1.70. The molecule has 0 spiro atoms. The first-order valence-corrected chi connectivity index (χ1v) is 7.99. The molecule has 0 amide bonds. The summed E-state index contributed by atoms with van der Waals surface area (Å²) >= 11 is 0. The Labute approximate surface area is 169 Å². The molecule has 0 radical (unpaired) electrons. The normalized spacial score (nSPS) is 27.3. The summed E-state index contributed by atoms with van der Waals surface area (Å²) in [5.41, 5.74) is 6.84. The van der Waals surface area contributed by atoms with Crippen LogP contribution in [0.4, 0.5) is 5.82 Å². The molecule has 1 fully saturated rings. The van der Waals surface area contributed by atoms with Gasteiger partial charge in [-0.25, -0.2) is 14.6 Å². The van der Waals surface area contributed by atoms with Crippen molar-refractivity contribution >= 4 is 11.5 Å². The van der Waals surface area contributed by atoms with Gasteiger partial charge in [-0.2, -0.15) is 10.4 Å². The van der Waals surface area contributed by atoms with Crippen molar-refractivity contribution in [1.82, 2.24) is 19.7 Å². The first-order valence-electron chi connectivity index (χ1n) is 12.0. The van der Waals surface area contributed by atoms with Crippen molar-refractivity contribution in [2.45, 2.75) is 38.2 Å². The molecule has 0 aromatic carbocycles. The Bertz CT molecular complexity index is 1150. The van der Waals surface area contributed by atoms with Gasteiger partial charge in [0.2, 0.25) is 0 Å². The molecule has 142 valence electrons.